The lowest BCUT2D eigenvalue weighted by Gasteiger charge is -2.39. The number of nitrogens with zero attached hydrogens (tertiary/aromatic N) is 3. The van der Waals surface area contributed by atoms with Crippen LogP contribution in [0, 0.1) is 0 Å². The second-order valence-corrected chi connectivity index (χ2v) is 9.49. The van der Waals surface area contributed by atoms with E-state index in [9.17, 15) is 13.2 Å². The minimum absolute atomic E-state index is 0.117. The Balaban J connectivity index is 1.98. The fourth-order valence-electron chi connectivity index (χ4n) is 2.94. The zero-order chi connectivity index (χ0) is 17.9. The van der Waals surface area contributed by atoms with Crippen LogP contribution in [0.25, 0.3) is 0 Å². The number of carbonyl (C=O) groups excluding carboxylic acids is 1. The quantitative estimate of drug-likeness (QED) is 0.742. The van der Waals surface area contributed by atoms with Crippen LogP contribution in [0.4, 0.5) is 0 Å². The summed E-state index contributed by atoms with van der Waals surface area (Å²) in [4.78, 5) is 18.8. The second-order valence-electron chi connectivity index (χ2n) is 6.34. The molecule has 0 unspecified atom stereocenters. The van der Waals surface area contributed by atoms with Crippen LogP contribution in [-0.2, 0) is 14.8 Å². The largest absolute Gasteiger partial charge is 0.337 e. The van der Waals surface area contributed by atoms with E-state index in [1.165, 1.54) is 44.5 Å². The normalized spacial score (nSPS) is 22.0. The minimum atomic E-state index is -3.47. The van der Waals surface area contributed by atoms with E-state index in [1.54, 1.807) is 6.07 Å². The Bertz CT molecular complexity index is 664. The summed E-state index contributed by atoms with van der Waals surface area (Å²) >= 11 is 1.34. The van der Waals surface area contributed by atoms with Crippen LogP contribution in [0.1, 0.15) is 33.1 Å². The summed E-state index contributed by atoms with van der Waals surface area (Å²) < 4.78 is 25.2. The second kappa shape index (κ2) is 7.84. The standard InChI is InChI=1S/C16H25N3O3S2/c1-12-6-5-7-13(2)19(12)16(20)11-23-15-9-8-14(10-17-15)24(21,22)18(3)4/h8-10,12-13H,5-7,11H2,1-4H3/t12-,13-/m1/s1. The Morgan fingerprint density at radius 3 is 2.42 bits per heavy atom. The Labute approximate surface area is 148 Å². The highest BCUT2D eigenvalue weighted by molar-refractivity contribution is 7.99. The molecule has 1 amide bonds. The van der Waals surface area contributed by atoms with Gasteiger partial charge in [0.1, 0.15) is 4.90 Å². The average molecular weight is 372 g/mol. The van der Waals surface area contributed by atoms with Gasteiger partial charge >= 0.3 is 0 Å². The van der Waals surface area contributed by atoms with E-state index in [-0.39, 0.29) is 22.9 Å². The molecule has 1 aromatic rings. The van der Waals surface area contributed by atoms with Gasteiger partial charge < -0.3 is 4.90 Å². The topological polar surface area (TPSA) is 70.6 Å². The van der Waals surface area contributed by atoms with Gasteiger partial charge in [0, 0.05) is 32.4 Å². The predicted octanol–water partition coefficient (Wildman–Crippen LogP) is 2.21. The highest BCUT2D eigenvalue weighted by atomic mass is 32.2. The van der Waals surface area contributed by atoms with Crippen LogP contribution < -0.4 is 0 Å². The summed E-state index contributed by atoms with van der Waals surface area (Å²) in [5.74, 6) is 0.438. The number of piperidine rings is 1. The molecule has 0 bridgehead atoms. The molecule has 0 aliphatic carbocycles. The fraction of sp³-hybridized carbons (Fsp3) is 0.625. The smallest absolute Gasteiger partial charge is 0.244 e. The number of thioether (sulfide) groups is 1. The van der Waals surface area contributed by atoms with Crippen molar-refractivity contribution in [3.05, 3.63) is 18.3 Å². The maximum atomic E-state index is 12.5. The zero-order valence-electron chi connectivity index (χ0n) is 14.6. The average Bonchev–Trinajstić information content (AvgIpc) is 2.53. The highest BCUT2D eigenvalue weighted by Crippen LogP contribution is 2.25. The molecule has 1 fully saturated rings. The van der Waals surface area contributed by atoms with Crippen molar-refractivity contribution in [1.82, 2.24) is 14.2 Å². The molecule has 1 aromatic heterocycles. The van der Waals surface area contributed by atoms with Crippen molar-refractivity contribution in [2.24, 2.45) is 0 Å². The Morgan fingerprint density at radius 1 is 1.29 bits per heavy atom. The van der Waals surface area contributed by atoms with E-state index in [2.05, 4.69) is 18.8 Å². The Hall–Kier alpha value is -1.12. The molecule has 0 spiro atoms. The van der Waals surface area contributed by atoms with Crippen molar-refractivity contribution in [1.29, 1.82) is 0 Å². The third kappa shape index (κ3) is 4.29. The molecule has 0 N–H and O–H groups in total. The Kier molecular flexibility index (Phi) is 6.28. The molecule has 2 rings (SSSR count). The summed E-state index contributed by atoms with van der Waals surface area (Å²) in [6.07, 6.45) is 4.61. The van der Waals surface area contributed by atoms with Gasteiger partial charge in [0.2, 0.25) is 15.9 Å². The first-order chi connectivity index (χ1) is 11.2. The molecule has 6 nitrogen and oxygen atoms in total. The highest BCUT2D eigenvalue weighted by Gasteiger charge is 2.28. The maximum Gasteiger partial charge on any atom is 0.244 e. The zero-order valence-corrected chi connectivity index (χ0v) is 16.2. The van der Waals surface area contributed by atoms with Gasteiger partial charge in [-0.3, -0.25) is 4.79 Å². The van der Waals surface area contributed by atoms with E-state index >= 15 is 0 Å². The van der Waals surface area contributed by atoms with Gasteiger partial charge in [-0.05, 0) is 45.2 Å². The summed E-state index contributed by atoms with van der Waals surface area (Å²) in [7, 11) is -0.503. The fourth-order valence-corrected chi connectivity index (χ4v) is 4.50. The maximum absolute atomic E-state index is 12.5. The van der Waals surface area contributed by atoms with Gasteiger partial charge in [0.15, 0.2) is 0 Å². The lowest BCUT2D eigenvalue weighted by molar-refractivity contribution is -0.134. The van der Waals surface area contributed by atoms with E-state index in [0.29, 0.717) is 10.8 Å². The Morgan fingerprint density at radius 2 is 1.92 bits per heavy atom. The van der Waals surface area contributed by atoms with Gasteiger partial charge in [-0.25, -0.2) is 17.7 Å². The van der Waals surface area contributed by atoms with Crippen molar-refractivity contribution in [3.63, 3.8) is 0 Å². The third-order valence-electron chi connectivity index (χ3n) is 4.31. The summed E-state index contributed by atoms with van der Waals surface area (Å²) in [5, 5.41) is 0.651. The first-order valence-electron chi connectivity index (χ1n) is 8.06. The molecule has 2 atom stereocenters. The van der Waals surface area contributed by atoms with Crippen molar-refractivity contribution in [2.45, 2.75) is 55.1 Å². The molecule has 0 aromatic carbocycles. The number of hydrogen-bond acceptors (Lipinski definition) is 5. The van der Waals surface area contributed by atoms with Crippen LogP contribution in [0.3, 0.4) is 0 Å². The number of aromatic nitrogens is 1. The van der Waals surface area contributed by atoms with Crippen LogP contribution in [0.15, 0.2) is 28.3 Å². The van der Waals surface area contributed by atoms with E-state index in [0.717, 1.165) is 17.1 Å². The number of hydrogen-bond donors (Lipinski definition) is 0. The molecular formula is C16H25N3O3S2. The molecule has 0 radical (unpaired) electrons. The van der Waals surface area contributed by atoms with Gasteiger partial charge in [0.25, 0.3) is 0 Å². The summed E-state index contributed by atoms with van der Waals surface area (Å²) in [5.41, 5.74) is 0. The molecule has 1 aliphatic rings. The van der Waals surface area contributed by atoms with E-state index < -0.39 is 10.0 Å². The molecule has 1 saturated heterocycles. The molecule has 8 heteroatoms. The van der Waals surface area contributed by atoms with Crippen LogP contribution >= 0.6 is 11.8 Å². The summed E-state index contributed by atoms with van der Waals surface area (Å²) in [6.45, 7) is 4.19. The number of likely N-dealkylation sites (tertiary alicyclic amines) is 1. The van der Waals surface area contributed by atoms with Gasteiger partial charge in [-0.15, -0.1) is 0 Å². The molecule has 2 heterocycles. The molecule has 1 aliphatic heterocycles. The first kappa shape index (κ1) is 19.2. The van der Waals surface area contributed by atoms with Crippen molar-refractivity contribution >= 4 is 27.7 Å². The van der Waals surface area contributed by atoms with Gasteiger partial charge in [-0.2, -0.15) is 0 Å². The van der Waals surface area contributed by atoms with Gasteiger partial charge in [-0.1, -0.05) is 11.8 Å². The van der Waals surface area contributed by atoms with Crippen LogP contribution in [-0.4, -0.2) is 60.4 Å². The number of rotatable bonds is 5. The minimum Gasteiger partial charge on any atom is -0.337 e. The number of carbonyl (C=O) groups is 1. The molecule has 0 saturated carbocycles. The first-order valence-corrected chi connectivity index (χ1v) is 10.5. The number of amides is 1. The van der Waals surface area contributed by atoms with E-state index in [1.807, 2.05) is 4.90 Å². The third-order valence-corrected chi connectivity index (χ3v) is 7.04. The van der Waals surface area contributed by atoms with E-state index in [4.69, 9.17) is 0 Å². The van der Waals surface area contributed by atoms with Gasteiger partial charge in [0.05, 0.1) is 10.8 Å². The molecule has 24 heavy (non-hydrogen) atoms. The number of pyridine rings is 1. The van der Waals surface area contributed by atoms with Crippen molar-refractivity contribution in [3.8, 4) is 0 Å². The van der Waals surface area contributed by atoms with Crippen molar-refractivity contribution in [2.75, 3.05) is 19.8 Å². The van der Waals surface area contributed by atoms with Crippen LogP contribution in [0.2, 0.25) is 0 Å². The monoisotopic (exact) mass is 371 g/mol. The molecular weight excluding hydrogens is 346 g/mol. The summed E-state index contributed by atoms with van der Waals surface area (Å²) in [6, 6.07) is 3.74. The lowest BCUT2D eigenvalue weighted by Crippen LogP contribution is -2.48. The molecule has 134 valence electrons. The number of sulfonamides is 1. The lowest BCUT2D eigenvalue weighted by atomic mass is 9.98. The van der Waals surface area contributed by atoms with Crippen molar-refractivity contribution < 1.29 is 13.2 Å². The van der Waals surface area contributed by atoms with Crippen LogP contribution in [0.5, 0.6) is 0 Å². The SMILES string of the molecule is C[C@@H]1CCC[C@@H](C)N1C(=O)CSc1ccc(S(=O)(=O)N(C)C)cn1. The predicted molar refractivity (Wildman–Crippen MR) is 95.5 cm³/mol.